The summed E-state index contributed by atoms with van der Waals surface area (Å²) in [4.78, 5) is 10.3. The number of aliphatic hydroxyl groups excluding tert-OH is 1. The Bertz CT molecular complexity index is 217. The molecular formula is C7H9FO4. The van der Waals surface area contributed by atoms with Crippen LogP contribution in [0.15, 0.2) is 0 Å². The average Bonchev–Trinajstić information content (AvgIpc) is 2.62. The molecule has 0 aromatic heterocycles. The number of aliphatic hydroxyl groups is 1. The number of hydrogen-bond donors (Lipinski definition) is 2. The molecule has 0 aromatic carbocycles. The highest BCUT2D eigenvalue weighted by Crippen LogP contribution is 2.45. The number of halogens is 1. The first kappa shape index (κ1) is 7.94. The van der Waals surface area contributed by atoms with Gasteiger partial charge in [0, 0.05) is 6.42 Å². The number of carbonyl (C=O) groups is 1. The van der Waals surface area contributed by atoms with Crippen molar-refractivity contribution in [2.75, 3.05) is 0 Å². The van der Waals surface area contributed by atoms with Gasteiger partial charge in [0.1, 0.15) is 0 Å². The van der Waals surface area contributed by atoms with Gasteiger partial charge in [-0.15, -0.1) is 0 Å². The highest BCUT2D eigenvalue weighted by Gasteiger charge is 2.59. The summed E-state index contributed by atoms with van der Waals surface area (Å²) < 4.78 is 17.9. The number of fused-ring (bicyclic) bond motifs is 1. The smallest absolute Gasteiger partial charge is 0.338 e. The highest BCUT2D eigenvalue weighted by molar-refractivity contribution is 5.73. The van der Waals surface area contributed by atoms with Crippen molar-refractivity contribution in [3.05, 3.63) is 0 Å². The molecule has 68 valence electrons. The van der Waals surface area contributed by atoms with Crippen molar-refractivity contribution in [1.82, 2.24) is 0 Å². The van der Waals surface area contributed by atoms with Crippen LogP contribution in [-0.4, -0.2) is 40.7 Å². The van der Waals surface area contributed by atoms with Gasteiger partial charge < -0.3 is 14.9 Å². The molecule has 1 unspecified atom stereocenters. The fourth-order valence-corrected chi connectivity index (χ4v) is 1.83. The number of rotatable bonds is 2. The maximum absolute atomic E-state index is 12.9. The van der Waals surface area contributed by atoms with Crippen LogP contribution in [0.2, 0.25) is 0 Å². The molecule has 0 amide bonds. The van der Waals surface area contributed by atoms with E-state index in [1.165, 1.54) is 0 Å². The highest BCUT2D eigenvalue weighted by atomic mass is 19.1. The summed E-state index contributed by atoms with van der Waals surface area (Å²) >= 11 is 0. The third-order valence-electron chi connectivity index (χ3n) is 2.49. The minimum absolute atomic E-state index is 0.109. The third kappa shape index (κ3) is 1.01. The zero-order valence-corrected chi connectivity index (χ0v) is 6.18. The van der Waals surface area contributed by atoms with E-state index in [0.29, 0.717) is 6.42 Å². The molecule has 0 bridgehead atoms. The van der Waals surface area contributed by atoms with Crippen LogP contribution < -0.4 is 0 Å². The van der Waals surface area contributed by atoms with Crippen LogP contribution in [0.3, 0.4) is 0 Å². The summed E-state index contributed by atoms with van der Waals surface area (Å²) in [7, 11) is 0. The second kappa shape index (κ2) is 2.40. The molecule has 1 heterocycles. The van der Waals surface area contributed by atoms with Crippen molar-refractivity contribution >= 4 is 5.97 Å². The lowest BCUT2D eigenvalue weighted by atomic mass is 9.99. The number of carboxylic acid groups (broad SMARTS) is 1. The molecule has 1 saturated heterocycles. The molecule has 2 rings (SSSR count). The van der Waals surface area contributed by atoms with Crippen molar-refractivity contribution in [2.45, 2.75) is 30.9 Å². The Morgan fingerprint density at radius 1 is 1.67 bits per heavy atom. The molecule has 1 aliphatic heterocycles. The van der Waals surface area contributed by atoms with Crippen molar-refractivity contribution in [3.63, 3.8) is 0 Å². The Kier molecular flexibility index (Phi) is 1.59. The zero-order chi connectivity index (χ0) is 8.88. The van der Waals surface area contributed by atoms with Crippen molar-refractivity contribution < 1.29 is 24.1 Å². The molecule has 2 fully saturated rings. The first-order chi connectivity index (χ1) is 5.61. The summed E-state index contributed by atoms with van der Waals surface area (Å²) in [6.07, 6.45) is -2.98. The number of epoxide rings is 1. The van der Waals surface area contributed by atoms with Crippen molar-refractivity contribution in [2.24, 2.45) is 5.92 Å². The molecule has 4 nitrogen and oxygen atoms in total. The van der Waals surface area contributed by atoms with E-state index < -0.39 is 24.2 Å². The van der Waals surface area contributed by atoms with E-state index in [-0.39, 0.29) is 12.2 Å². The molecule has 0 spiro atoms. The van der Waals surface area contributed by atoms with E-state index in [0.717, 1.165) is 0 Å². The number of carboxylic acids is 1. The molecule has 5 heteroatoms. The van der Waals surface area contributed by atoms with Crippen LogP contribution >= 0.6 is 0 Å². The number of alkyl halides is 1. The van der Waals surface area contributed by atoms with E-state index in [1.807, 2.05) is 0 Å². The van der Waals surface area contributed by atoms with E-state index >= 15 is 0 Å². The Morgan fingerprint density at radius 2 is 2.33 bits per heavy atom. The standard InChI is InChI=1S/C7H9FO4/c8-5(7(10)11)4-2(9)1-3-6(4)12-3/h2-6,9H,1H2,(H,10,11)/t2-,3+,4-,5?,6+/m1/s1. The number of hydrogen-bond acceptors (Lipinski definition) is 3. The molecule has 5 atom stereocenters. The molecular weight excluding hydrogens is 167 g/mol. The summed E-state index contributed by atoms with van der Waals surface area (Å²) in [5.41, 5.74) is 0. The van der Waals surface area contributed by atoms with E-state index in [4.69, 9.17) is 9.84 Å². The van der Waals surface area contributed by atoms with Crippen molar-refractivity contribution in [1.29, 1.82) is 0 Å². The van der Waals surface area contributed by atoms with Crippen LogP contribution in [0.25, 0.3) is 0 Å². The Balaban J connectivity index is 2.06. The Morgan fingerprint density at radius 3 is 2.75 bits per heavy atom. The summed E-state index contributed by atoms with van der Waals surface area (Å²) in [5.74, 6) is -2.39. The first-order valence-corrected chi connectivity index (χ1v) is 3.81. The van der Waals surface area contributed by atoms with E-state index in [9.17, 15) is 14.3 Å². The molecule has 1 aliphatic carbocycles. The van der Waals surface area contributed by atoms with Gasteiger partial charge in [-0.05, 0) is 0 Å². The number of aliphatic carboxylic acids is 1. The maximum Gasteiger partial charge on any atom is 0.338 e. The molecule has 0 radical (unpaired) electrons. The van der Waals surface area contributed by atoms with Gasteiger partial charge in [0.15, 0.2) is 0 Å². The van der Waals surface area contributed by atoms with Crippen LogP contribution in [0.1, 0.15) is 6.42 Å². The van der Waals surface area contributed by atoms with Gasteiger partial charge >= 0.3 is 5.97 Å². The second-order valence-corrected chi connectivity index (χ2v) is 3.26. The minimum atomic E-state index is -2.00. The molecule has 0 aromatic rings. The minimum Gasteiger partial charge on any atom is -0.479 e. The van der Waals surface area contributed by atoms with Gasteiger partial charge in [-0.25, -0.2) is 9.18 Å². The molecule has 2 aliphatic rings. The van der Waals surface area contributed by atoms with Gasteiger partial charge in [0.2, 0.25) is 6.17 Å². The van der Waals surface area contributed by atoms with Gasteiger partial charge in [-0.2, -0.15) is 0 Å². The molecule has 12 heavy (non-hydrogen) atoms. The quantitative estimate of drug-likeness (QED) is 0.559. The fourth-order valence-electron chi connectivity index (χ4n) is 1.83. The van der Waals surface area contributed by atoms with E-state index in [2.05, 4.69) is 0 Å². The lowest BCUT2D eigenvalue weighted by molar-refractivity contribution is -0.147. The third-order valence-corrected chi connectivity index (χ3v) is 2.49. The second-order valence-electron chi connectivity index (χ2n) is 3.26. The SMILES string of the molecule is O=C(O)C(F)[C@@H]1[C@H]2O[C@H]2C[C@H]1O. The normalized spacial score (nSPS) is 46.8. The molecule has 1 saturated carbocycles. The van der Waals surface area contributed by atoms with Crippen LogP contribution in [0.5, 0.6) is 0 Å². The Labute approximate surface area is 67.9 Å². The monoisotopic (exact) mass is 176 g/mol. The summed E-state index contributed by atoms with van der Waals surface area (Å²) in [6.45, 7) is 0. The zero-order valence-electron chi connectivity index (χ0n) is 6.18. The topological polar surface area (TPSA) is 70.1 Å². The van der Waals surface area contributed by atoms with Crippen LogP contribution in [-0.2, 0) is 9.53 Å². The summed E-state index contributed by atoms with van der Waals surface area (Å²) in [5, 5.41) is 17.6. The van der Waals surface area contributed by atoms with Crippen LogP contribution in [0.4, 0.5) is 4.39 Å². The average molecular weight is 176 g/mol. The lowest BCUT2D eigenvalue weighted by Crippen LogP contribution is -2.34. The largest absolute Gasteiger partial charge is 0.479 e. The fraction of sp³-hybridized carbons (Fsp3) is 0.857. The van der Waals surface area contributed by atoms with Gasteiger partial charge in [0.05, 0.1) is 24.2 Å². The van der Waals surface area contributed by atoms with Crippen LogP contribution in [0, 0.1) is 5.92 Å². The Hall–Kier alpha value is -0.680. The first-order valence-electron chi connectivity index (χ1n) is 3.81. The van der Waals surface area contributed by atoms with Gasteiger partial charge in [-0.3, -0.25) is 0 Å². The number of ether oxygens (including phenoxy) is 1. The van der Waals surface area contributed by atoms with Crippen molar-refractivity contribution in [3.8, 4) is 0 Å². The summed E-state index contributed by atoms with van der Waals surface area (Å²) in [6, 6.07) is 0. The van der Waals surface area contributed by atoms with E-state index in [1.54, 1.807) is 0 Å². The predicted octanol–water partition coefficient (Wildman–Crippen LogP) is -0.443. The maximum atomic E-state index is 12.9. The predicted molar refractivity (Wildman–Crippen MR) is 35.3 cm³/mol. The van der Waals surface area contributed by atoms with Gasteiger partial charge in [-0.1, -0.05) is 0 Å². The lowest BCUT2D eigenvalue weighted by Gasteiger charge is -2.17. The molecule has 2 N–H and O–H groups in total. The van der Waals surface area contributed by atoms with Gasteiger partial charge in [0.25, 0.3) is 0 Å².